The van der Waals surface area contributed by atoms with Crippen LogP contribution in [0.4, 0.5) is 5.69 Å². The number of hydrogen-bond acceptors (Lipinski definition) is 3. The Morgan fingerprint density at radius 3 is 2.56 bits per heavy atom. The van der Waals surface area contributed by atoms with Gasteiger partial charge in [0, 0.05) is 5.69 Å². The van der Waals surface area contributed by atoms with Crippen LogP contribution >= 0.6 is 0 Å². The third-order valence-corrected chi connectivity index (χ3v) is 2.38. The standard InChI is InChI=1S/C15H23NO2/c1-5-8-12-9-6-7-10-13(12)16-11-14(17)18-15(2,3)4/h6-7,9-10,16H,5,8,11H2,1-4H3. The Morgan fingerprint density at radius 1 is 1.28 bits per heavy atom. The molecule has 1 N–H and O–H groups in total. The van der Waals surface area contributed by atoms with E-state index >= 15 is 0 Å². The second kappa shape index (κ2) is 6.43. The fourth-order valence-corrected chi connectivity index (χ4v) is 1.73. The molecule has 0 aromatic heterocycles. The molecule has 0 fully saturated rings. The summed E-state index contributed by atoms with van der Waals surface area (Å²) in [5.41, 5.74) is 1.83. The van der Waals surface area contributed by atoms with E-state index in [1.807, 2.05) is 39.0 Å². The molecule has 0 saturated carbocycles. The number of aryl methyl sites for hydroxylation is 1. The quantitative estimate of drug-likeness (QED) is 0.813. The highest BCUT2D eigenvalue weighted by Crippen LogP contribution is 2.16. The van der Waals surface area contributed by atoms with Crippen LogP contribution in [0.25, 0.3) is 0 Å². The van der Waals surface area contributed by atoms with E-state index in [1.165, 1.54) is 5.56 Å². The van der Waals surface area contributed by atoms with E-state index in [1.54, 1.807) is 0 Å². The molecular weight excluding hydrogens is 226 g/mol. The zero-order chi connectivity index (χ0) is 13.6. The first-order valence-corrected chi connectivity index (χ1v) is 6.46. The van der Waals surface area contributed by atoms with Crippen molar-refractivity contribution in [1.29, 1.82) is 0 Å². The van der Waals surface area contributed by atoms with Gasteiger partial charge in [0.25, 0.3) is 0 Å². The molecule has 0 aliphatic rings. The number of para-hydroxylation sites is 1. The third kappa shape index (κ3) is 5.21. The molecule has 0 aliphatic heterocycles. The van der Waals surface area contributed by atoms with E-state index < -0.39 is 5.60 Å². The highest BCUT2D eigenvalue weighted by molar-refractivity contribution is 5.75. The van der Waals surface area contributed by atoms with Gasteiger partial charge in [0.2, 0.25) is 0 Å². The van der Waals surface area contributed by atoms with Gasteiger partial charge < -0.3 is 10.1 Å². The summed E-state index contributed by atoms with van der Waals surface area (Å²) in [5, 5.41) is 3.15. The van der Waals surface area contributed by atoms with Crippen LogP contribution < -0.4 is 5.32 Å². The van der Waals surface area contributed by atoms with Crippen molar-refractivity contribution in [2.75, 3.05) is 11.9 Å². The van der Waals surface area contributed by atoms with Gasteiger partial charge in [-0.1, -0.05) is 31.5 Å². The fourth-order valence-electron chi connectivity index (χ4n) is 1.73. The summed E-state index contributed by atoms with van der Waals surface area (Å²) in [4.78, 5) is 11.6. The Kier molecular flexibility index (Phi) is 5.20. The molecule has 3 nitrogen and oxygen atoms in total. The van der Waals surface area contributed by atoms with Crippen molar-refractivity contribution in [1.82, 2.24) is 0 Å². The van der Waals surface area contributed by atoms with Gasteiger partial charge in [0.1, 0.15) is 12.1 Å². The Hall–Kier alpha value is -1.51. The third-order valence-electron chi connectivity index (χ3n) is 2.38. The van der Waals surface area contributed by atoms with Crippen LogP contribution in [0, 0.1) is 0 Å². The van der Waals surface area contributed by atoms with Crippen molar-refractivity contribution in [2.24, 2.45) is 0 Å². The van der Waals surface area contributed by atoms with Crippen LogP contribution in [-0.2, 0) is 16.0 Å². The Morgan fingerprint density at radius 2 is 1.94 bits per heavy atom. The summed E-state index contributed by atoms with van der Waals surface area (Å²) in [6.07, 6.45) is 2.10. The van der Waals surface area contributed by atoms with E-state index in [0.717, 1.165) is 18.5 Å². The van der Waals surface area contributed by atoms with Crippen LogP contribution in [0.2, 0.25) is 0 Å². The van der Waals surface area contributed by atoms with Gasteiger partial charge in [-0.25, -0.2) is 0 Å². The van der Waals surface area contributed by atoms with Crippen molar-refractivity contribution in [2.45, 2.75) is 46.1 Å². The van der Waals surface area contributed by atoms with Gasteiger partial charge in [0.05, 0.1) is 0 Å². The lowest BCUT2D eigenvalue weighted by molar-refractivity contribution is -0.152. The van der Waals surface area contributed by atoms with E-state index in [9.17, 15) is 4.79 Å². The van der Waals surface area contributed by atoms with Crippen molar-refractivity contribution >= 4 is 11.7 Å². The number of esters is 1. The second-order valence-corrected chi connectivity index (χ2v) is 5.35. The first-order chi connectivity index (χ1) is 8.42. The van der Waals surface area contributed by atoms with Crippen molar-refractivity contribution < 1.29 is 9.53 Å². The predicted octanol–water partition coefficient (Wildman–Crippen LogP) is 3.39. The molecule has 0 amide bonds. The molecule has 0 heterocycles. The molecular formula is C15H23NO2. The maximum atomic E-state index is 11.6. The minimum atomic E-state index is -0.429. The number of ether oxygens (including phenoxy) is 1. The molecule has 1 aromatic rings. The Labute approximate surface area is 110 Å². The molecule has 0 aliphatic carbocycles. The Balaban J connectivity index is 2.55. The molecule has 0 atom stereocenters. The molecule has 0 saturated heterocycles. The molecule has 18 heavy (non-hydrogen) atoms. The second-order valence-electron chi connectivity index (χ2n) is 5.35. The smallest absolute Gasteiger partial charge is 0.325 e. The van der Waals surface area contributed by atoms with Crippen molar-refractivity contribution in [3.63, 3.8) is 0 Å². The molecule has 1 aromatic carbocycles. The molecule has 1 rings (SSSR count). The number of anilines is 1. The highest BCUT2D eigenvalue weighted by atomic mass is 16.6. The average Bonchev–Trinajstić information content (AvgIpc) is 2.26. The lowest BCUT2D eigenvalue weighted by Crippen LogP contribution is -2.28. The zero-order valence-corrected chi connectivity index (χ0v) is 11.7. The summed E-state index contributed by atoms with van der Waals surface area (Å²) in [7, 11) is 0. The minimum absolute atomic E-state index is 0.206. The maximum Gasteiger partial charge on any atom is 0.325 e. The number of hydrogen-bond donors (Lipinski definition) is 1. The molecule has 0 bridgehead atoms. The van der Waals surface area contributed by atoms with Crippen LogP contribution in [0.5, 0.6) is 0 Å². The van der Waals surface area contributed by atoms with Crippen LogP contribution in [-0.4, -0.2) is 18.1 Å². The van der Waals surface area contributed by atoms with Gasteiger partial charge in [-0.2, -0.15) is 0 Å². The summed E-state index contributed by atoms with van der Waals surface area (Å²) in [5.74, 6) is -0.228. The lowest BCUT2D eigenvalue weighted by atomic mass is 10.1. The van der Waals surface area contributed by atoms with Crippen molar-refractivity contribution in [3.05, 3.63) is 29.8 Å². The first-order valence-electron chi connectivity index (χ1n) is 6.46. The van der Waals surface area contributed by atoms with Crippen LogP contribution in [0.1, 0.15) is 39.7 Å². The average molecular weight is 249 g/mol. The van der Waals surface area contributed by atoms with E-state index in [2.05, 4.69) is 18.3 Å². The molecule has 0 spiro atoms. The number of benzene rings is 1. The number of carbonyl (C=O) groups is 1. The molecule has 3 heteroatoms. The van der Waals surface area contributed by atoms with Gasteiger partial charge in [-0.3, -0.25) is 4.79 Å². The van der Waals surface area contributed by atoms with E-state index in [0.29, 0.717) is 0 Å². The molecule has 0 radical (unpaired) electrons. The van der Waals surface area contributed by atoms with Gasteiger partial charge in [-0.05, 0) is 38.8 Å². The predicted molar refractivity (Wildman–Crippen MR) is 74.8 cm³/mol. The normalized spacial score (nSPS) is 11.1. The molecule has 100 valence electrons. The van der Waals surface area contributed by atoms with E-state index in [-0.39, 0.29) is 12.5 Å². The zero-order valence-electron chi connectivity index (χ0n) is 11.7. The summed E-state index contributed by atoms with van der Waals surface area (Å²) in [6.45, 7) is 7.96. The topological polar surface area (TPSA) is 38.3 Å². The fraction of sp³-hybridized carbons (Fsp3) is 0.533. The maximum absolute atomic E-state index is 11.6. The number of carbonyl (C=O) groups excluding carboxylic acids is 1. The van der Waals surface area contributed by atoms with Gasteiger partial charge in [0.15, 0.2) is 0 Å². The SMILES string of the molecule is CCCc1ccccc1NCC(=O)OC(C)(C)C. The minimum Gasteiger partial charge on any atom is -0.459 e. The van der Waals surface area contributed by atoms with Crippen LogP contribution in [0.3, 0.4) is 0 Å². The highest BCUT2D eigenvalue weighted by Gasteiger charge is 2.15. The largest absolute Gasteiger partial charge is 0.459 e. The van der Waals surface area contributed by atoms with Crippen molar-refractivity contribution in [3.8, 4) is 0 Å². The lowest BCUT2D eigenvalue weighted by Gasteiger charge is -2.20. The van der Waals surface area contributed by atoms with Gasteiger partial charge >= 0.3 is 5.97 Å². The monoisotopic (exact) mass is 249 g/mol. The Bertz CT molecular complexity index is 394. The summed E-state index contributed by atoms with van der Waals surface area (Å²) in [6, 6.07) is 8.07. The van der Waals surface area contributed by atoms with E-state index in [4.69, 9.17) is 4.74 Å². The van der Waals surface area contributed by atoms with Gasteiger partial charge in [-0.15, -0.1) is 0 Å². The van der Waals surface area contributed by atoms with Crippen LogP contribution in [0.15, 0.2) is 24.3 Å². The molecule has 0 unspecified atom stereocenters. The first kappa shape index (κ1) is 14.6. The summed E-state index contributed by atoms with van der Waals surface area (Å²) < 4.78 is 5.26. The summed E-state index contributed by atoms with van der Waals surface area (Å²) >= 11 is 0. The number of rotatable bonds is 5. The number of nitrogens with one attached hydrogen (secondary N) is 1.